The minimum Gasteiger partial charge on any atom is -0.462 e. The van der Waals surface area contributed by atoms with Crippen LogP contribution in [0.15, 0.2) is 48.7 Å². The van der Waals surface area contributed by atoms with Crippen molar-refractivity contribution in [3.63, 3.8) is 0 Å². The van der Waals surface area contributed by atoms with Gasteiger partial charge in [0.15, 0.2) is 0 Å². The molecule has 0 aliphatic rings. The summed E-state index contributed by atoms with van der Waals surface area (Å²) in [6, 6.07) is 13.9. The predicted molar refractivity (Wildman–Crippen MR) is 104 cm³/mol. The van der Waals surface area contributed by atoms with Crippen molar-refractivity contribution in [3.8, 4) is 0 Å². The van der Waals surface area contributed by atoms with Gasteiger partial charge in [0.1, 0.15) is 5.56 Å². The fourth-order valence-electron chi connectivity index (χ4n) is 2.72. The summed E-state index contributed by atoms with van der Waals surface area (Å²) in [4.78, 5) is 16.8. The van der Waals surface area contributed by atoms with Gasteiger partial charge >= 0.3 is 5.97 Å². The molecule has 25 heavy (non-hydrogen) atoms. The molecule has 3 aromatic rings. The molecule has 2 aromatic carbocycles. The first-order valence-electron chi connectivity index (χ1n) is 8.00. The molecular weight excluding hydrogens is 336 g/mol. The van der Waals surface area contributed by atoms with Crippen LogP contribution in [0.5, 0.6) is 0 Å². The summed E-state index contributed by atoms with van der Waals surface area (Å²) in [5.41, 5.74) is 5.18. The lowest BCUT2D eigenvalue weighted by molar-refractivity contribution is 0.0527. The monoisotopic (exact) mass is 356 g/mol. The Balaban J connectivity index is 0.00000225. The molecule has 0 unspecified atom stereocenters. The van der Waals surface area contributed by atoms with E-state index >= 15 is 0 Å². The van der Waals surface area contributed by atoms with Crippen molar-refractivity contribution >= 4 is 40.7 Å². The molecule has 0 atom stereocenters. The largest absolute Gasteiger partial charge is 0.462 e. The normalized spacial score (nSPS) is 10.2. The fourth-order valence-corrected chi connectivity index (χ4v) is 2.72. The molecule has 1 heterocycles. The molecular formula is C20H21ClN2O2. The van der Waals surface area contributed by atoms with Gasteiger partial charge in [-0.2, -0.15) is 0 Å². The van der Waals surface area contributed by atoms with Crippen molar-refractivity contribution in [1.82, 2.24) is 4.98 Å². The number of rotatable bonds is 4. The molecule has 0 radical (unpaired) electrons. The van der Waals surface area contributed by atoms with Crippen LogP contribution in [0.3, 0.4) is 0 Å². The molecule has 3 rings (SSSR count). The Bertz CT molecular complexity index is 909. The highest BCUT2D eigenvalue weighted by atomic mass is 35.5. The second-order valence-corrected chi connectivity index (χ2v) is 5.68. The molecule has 0 fully saturated rings. The van der Waals surface area contributed by atoms with Crippen molar-refractivity contribution in [3.05, 3.63) is 65.4 Å². The second-order valence-electron chi connectivity index (χ2n) is 5.68. The summed E-state index contributed by atoms with van der Waals surface area (Å²) in [5, 5.41) is 4.32. The first-order valence-corrected chi connectivity index (χ1v) is 8.00. The number of nitrogens with one attached hydrogen (secondary N) is 1. The van der Waals surface area contributed by atoms with E-state index in [1.807, 2.05) is 56.3 Å². The number of ether oxygens (including phenoxy) is 1. The third-order valence-electron chi connectivity index (χ3n) is 4.00. The van der Waals surface area contributed by atoms with E-state index in [9.17, 15) is 4.79 Å². The number of carbonyl (C=O) groups is 1. The Morgan fingerprint density at radius 1 is 1.08 bits per heavy atom. The Hall–Kier alpha value is -2.59. The van der Waals surface area contributed by atoms with Crippen LogP contribution in [0.1, 0.15) is 28.4 Å². The van der Waals surface area contributed by atoms with Crippen molar-refractivity contribution in [1.29, 1.82) is 0 Å². The summed E-state index contributed by atoms with van der Waals surface area (Å²) in [5.74, 6) is -0.371. The van der Waals surface area contributed by atoms with Gasteiger partial charge in [-0.1, -0.05) is 36.4 Å². The third-order valence-corrected chi connectivity index (χ3v) is 4.00. The number of pyridine rings is 1. The molecule has 0 saturated heterocycles. The first kappa shape index (κ1) is 18.7. The van der Waals surface area contributed by atoms with Crippen LogP contribution >= 0.6 is 12.4 Å². The lowest BCUT2D eigenvalue weighted by Gasteiger charge is -2.16. The quantitative estimate of drug-likeness (QED) is 0.653. The van der Waals surface area contributed by atoms with Gasteiger partial charge in [-0.05, 0) is 38.0 Å². The number of para-hydroxylation sites is 2. The van der Waals surface area contributed by atoms with E-state index in [2.05, 4.69) is 10.3 Å². The van der Waals surface area contributed by atoms with E-state index in [0.717, 1.165) is 33.4 Å². The maximum Gasteiger partial charge on any atom is 0.341 e. The lowest BCUT2D eigenvalue weighted by atomic mass is 10.1. The van der Waals surface area contributed by atoms with Gasteiger partial charge < -0.3 is 10.1 Å². The highest BCUT2D eigenvalue weighted by molar-refractivity contribution is 6.06. The molecule has 1 aromatic heterocycles. The highest BCUT2D eigenvalue weighted by Crippen LogP contribution is 2.31. The Kier molecular flexibility index (Phi) is 5.99. The number of fused-ring (bicyclic) bond motifs is 1. The van der Waals surface area contributed by atoms with Gasteiger partial charge in [0.2, 0.25) is 0 Å². The molecule has 1 N–H and O–H groups in total. The van der Waals surface area contributed by atoms with Crippen LogP contribution < -0.4 is 5.32 Å². The van der Waals surface area contributed by atoms with Crippen molar-refractivity contribution in [2.24, 2.45) is 0 Å². The maximum absolute atomic E-state index is 12.4. The Labute approximate surface area is 153 Å². The number of anilines is 2. The zero-order valence-electron chi connectivity index (χ0n) is 14.5. The van der Waals surface area contributed by atoms with Crippen LogP contribution in [0.25, 0.3) is 10.9 Å². The predicted octanol–water partition coefficient (Wildman–Crippen LogP) is 5.19. The third kappa shape index (κ3) is 3.74. The SMILES string of the molecule is CCOC(=O)c1cnc2c(C)cccc2c1Nc1ccccc1C.Cl. The molecule has 5 heteroatoms. The number of nitrogens with zero attached hydrogens (tertiary/aromatic N) is 1. The van der Waals surface area contributed by atoms with Gasteiger partial charge in [0.05, 0.1) is 17.8 Å². The molecule has 4 nitrogen and oxygen atoms in total. The van der Waals surface area contributed by atoms with E-state index in [0.29, 0.717) is 12.2 Å². The van der Waals surface area contributed by atoms with E-state index in [-0.39, 0.29) is 18.4 Å². The number of hydrogen-bond donors (Lipinski definition) is 1. The molecule has 0 aliphatic heterocycles. The molecule has 0 aliphatic carbocycles. The maximum atomic E-state index is 12.4. The lowest BCUT2D eigenvalue weighted by Crippen LogP contribution is -2.09. The molecule has 130 valence electrons. The van der Waals surface area contributed by atoms with E-state index in [4.69, 9.17) is 4.74 Å². The zero-order chi connectivity index (χ0) is 17.1. The summed E-state index contributed by atoms with van der Waals surface area (Å²) in [6.45, 7) is 6.16. The van der Waals surface area contributed by atoms with Gasteiger partial charge in [-0.3, -0.25) is 4.98 Å². The van der Waals surface area contributed by atoms with Crippen molar-refractivity contribution in [2.45, 2.75) is 20.8 Å². The summed E-state index contributed by atoms with van der Waals surface area (Å²) >= 11 is 0. The number of halogens is 1. The summed E-state index contributed by atoms with van der Waals surface area (Å²) in [6.07, 6.45) is 1.59. The molecule has 0 saturated carbocycles. The number of esters is 1. The van der Waals surface area contributed by atoms with E-state index < -0.39 is 0 Å². The van der Waals surface area contributed by atoms with Gasteiger partial charge in [-0.15, -0.1) is 12.4 Å². The number of carbonyl (C=O) groups excluding carboxylic acids is 1. The topological polar surface area (TPSA) is 51.2 Å². The van der Waals surface area contributed by atoms with Crippen molar-refractivity contribution in [2.75, 3.05) is 11.9 Å². The van der Waals surface area contributed by atoms with E-state index in [1.165, 1.54) is 0 Å². The first-order chi connectivity index (χ1) is 11.6. The van der Waals surface area contributed by atoms with Crippen molar-refractivity contribution < 1.29 is 9.53 Å². The molecule has 0 bridgehead atoms. The van der Waals surface area contributed by atoms with Gasteiger partial charge in [0, 0.05) is 17.3 Å². The van der Waals surface area contributed by atoms with Crippen LogP contribution in [0, 0.1) is 13.8 Å². The smallest absolute Gasteiger partial charge is 0.341 e. The van der Waals surface area contributed by atoms with Crippen LogP contribution in [-0.4, -0.2) is 17.6 Å². The number of hydrogen-bond acceptors (Lipinski definition) is 4. The van der Waals surface area contributed by atoms with Gasteiger partial charge in [-0.25, -0.2) is 4.79 Å². The zero-order valence-corrected chi connectivity index (χ0v) is 15.3. The van der Waals surface area contributed by atoms with Gasteiger partial charge in [0.25, 0.3) is 0 Å². The summed E-state index contributed by atoms with van der Waals surface area (Å²) < 4.78 is 5.20. The minimum atomic E-state index is -0.371. The standard InChI is InChI=1S/C20H20N2O2.ClH/c1-4-24-20(23)16-12-21-18-14(3)9-7-10-15(18)19(16)22-17-11-6-5-8-13(17)2;/h5-12H,4H2,1-3H3,(H,21,22);1H. The summed E-state index contributed by atoms with van der Waals surface area (Å²) in [7, 11) is 0. The molecule has 0 spiro atoms. The average molecular weight is 357 g/mol. The highest BCUT2D eigenvalue weighted by Gasteiger charge is 2.18. The Morgan fingerprint density at radius 3 is 2.52 bits per heavy atom. The Morgan fingerprint density at radius 2 is 1.80 bits per heavy atom. The number of benzene rings is 2. The van der Waals surface area contributed by atoms with E-state index in [1.54, 1.807) is 13.1 Å². The molecule has 0 amide bonds. The number of aryl methyl sites for hydroxylation is 2. The number of aromatic nitrogens is 1. The van der Waals surface area contributed by atoms with Crippen LogP contribution in [0.4, 0.5) is 11.4 Å². The minimum absolute atomic E-state index is 0. The second kappa shape index (κ2) is 7.99. The van der Waals surface area contributed by atoms with Crippen LogP contribution in [0.2, 0.25) is 0 Å². The average Bonchev–Trinajstić information content (AvgIpc) is 2.58. The fraction of sp³-hybridized carbons (Fsp3) is 0.200. The van der Waals surface area contributed by atoms with Crippen LogP contribution in [-0.2, 0) is 4.74 Å².